The van der Waals surface area contributed by atoms with Gasteiger partial charge in [0.25, 0.3) is 0 Å². The number of pyridine rings is 1. The predicted octanol–water partition coefficient (Wildman–Crippen LogP) is 2.64. The summed E-state index contributed by atoms with van der Waals surface area (Å²) in [5.41, 5.74) is 1.64. The number of aromatic nitrogens is 1. The molecule has 0 saturated heterocycles. The molecule has 2 rings (SSSR count). The number of nitrogens with zero attached hydrogens (tertiary/aromatic N) is 2. The first kappa shape index (κ1) is 11.4. The molecule has 0 saturated carbocycles. The minimum atomic E-state index is 0.596. The van der Waals surface area contributed by atoms with Crippen LogP contribution in [-0.2, 0) is 6.54 Å². The molecular weight excluding hydrogens is 234 g/mol. The van der Waals surface area contributed by atoms with Crippen molar-refractivity contribution in [1.29, 1.82) is 5.26 Å². The highest BCUT2D eigenvalue weighted by Crippen LogP contribution is 2.16. The van der Waals surface area contributed by atoms with E-state index in [1.807, 2.05) is 17.5 Å². The van der Waals surface area contributed by atoms with Gasteiger partial charge in [0.1, 0.15) is 6.07 Å². The Labute approximate surface area is 103 Å². The molecule has 2 heterocycles. The highest BCUT2D eigenvalue weighted by molar-refractivity contribution is 7.10. The summed E-state index contributed by atoms with van der Waals surface area (Å²) in [5, 5.41) is 13.8. The number of anilines is 1. The van der Waals surface area contributed by atoms with Crippen molar-refractivity contribution in [2.24, 2.45) is 0 Å². The van der Waals surface area contributed by atoms with E-state index in [4.69, 9.17) is 10.00 Å². The van der Waals surface area contributed by atoms with Gasteiger partial charge in [-0.2, -0.15) is 5.26 Å². The number of hydrogen-bond donors (Lipinski definition) is 1. The molecule has 0 atom stereocenters. The van der Waals surface area contributed by atoms with Gasteiger partial charge < -0.3 is 10.1 Å². The van der Waals surface area contributed by atoms with E-state index in [9.17, 15) is 0 Å². The first-order chi connectivity index (χ1) is 8.31. The Morgan fingerprint density at radius 1 is 1.53 bits per heavy atom. The number of nitriles is 1. The van der Waals surface area contributed by atoms with Crippen molar-refractivity contribution in [3.63, 3.8) is 0 Å². The van der Waals surface area contributed by atoms with Crippen molar-refractivity contribution in [3.8, 4) is 11.9 Å². The molecule has 0 aliphatic rings. The average molecular weight is 245 g/mol. The molecule has 2 aromatic heterocycles. The highest BCUT2D eigenvalue weighted by atomic mass is 32.1. The quantitative estimate of drug-likeness (QED) is 0.899. The topological polar surface area (TPSA) is 57.9 Å². The number of nitrogens with one attached hydrogen (secondary N) is 1. The van der Waals surface area contributed by atoms with Crippen LogP contribution in [-0.4, -0.2) is 12.1 Å². The molecule has 86 valence electrons. The first-order valence-electron chi connectivity index (χ1n) is 5.03. The van der Waals surface area contributed by atoms with E-state index in [0.717, 1.165) is 10.6 Å². The molecule has 2 aromatic rings. The van der Waals surface area contributed by atoms with Gasteiger partial charge in [0.15, 0.2) is 0 Å². The van der Waals surface area contributed by atoms with Gasteiger partial charge in [0.05, 0.1) is 24.6 Å². The second-order valence-corrected chi connectivity index (χ2v) is 4.35. The normalized spacial score (nSPS) is 9.65. The summed E-state index contributed by atoms with van der Waals surface area (Å²) in [6.07, 6.45) is 1.72. The van der Waals surface area contributed by atoms with Crippen LogP contribution in [0, 0.1) is 11.3 Å². The number of rotatable bonds is 4. The minimum absolute atomic E-state index is 0.596. The van der Waals surface area contributed by atoms with Crippen LogP contribution < -0.4 is 10.1 Å². The van der Waals surface area contributed by atoms with Gasteiger partial charge in [-0.15, -0.1) is 11.3 Å². The molecule has 0 aromatic carbocycles. The maximum atomic E-state index is 8.71. The summed E-state index contributed by atoms with van der Waals surface area (Å²) in [5.74, 6) is 0.596. The van der Waals surface area contributed by atoms with Crippen LogP contribution in [0.15, 0.2) is 29.8 Å². The Kier molecular flexibility index (Phi) is 3.58. The van der Waals surface area contributed by atoms with Gasteiger partial charge in [-0.1, -0.05) is 0 Å². The summed E-state index contributed by atoms with van der Waals surface area (Å²) in [4.78, 5) is 5.22. The lowest BCUT2D eigenvalue weighted by Gasteiger charge is -2.04. The van der Waals surface area contributed by atoms with Gasteiger partial charge >= 0.3 is 0 Å². The molecule has 0 fully saturated rings. The fourth-order valence-corrected chi connectivity index (χ4v) is 2.08. The fraction of sp³-hybridized carbons (Fsp3) is 0.167. The van der Waals surface area contributed by atoms with Gasteiger partial charge in [-0.3, -0.25) is 0 Å². The Morgan fingerprint density at radius 3 is 3.00 bits per heavy atom. The number of ether oxygens (including phenoxy) is 1. The van der Waals surface area contributed by atoms with Crippen molar-refractivity contribution in [1.82, 2.24) is 4.98 Å². The average Bonchev–Trinajstić information content (AvgIpc) is 2.85. The van der Waals surface area contributed by atoms with Crippen LogP contribution in [0.2, 0.25) is 0 Å². The molecule has 4 nitrogen and oxygen atoms in total. The smallest absolute Gasteiger partial charge is 0.213 e. The van der Waals surface area contributed by atoms with Crippen LogP contribution in [0.3, 0.4) is 0 Å². The lowest BCUT2D eigenvalue weighted by Crippen LogP contribution is -1.98. The van der Waals surface area contributed by atoms with Crippen LogP contribution in [0.4, 0.5) is 5.69 Å². The minimum Gasteiger partial charge on any atom is -0.481 e. The summed E-state index contributed by atoms with van der Waals surface area (Å²) in [6.45, 7) is 0.695. The van der Waals surface area contributed by atoms with Crippen molar-refractivity contribution < 1.29 is 4.74 Å². The van der Waals surface area contributed by atoms with Gasteiger partial charge in [-0.25, -0.2) is 4.98 Å². The summed E-state index contributed by atoms with van der Waals surface area (Å²) in [6, 6.07) is 7.71. The summed E-state index contributed by atoms with van der Waals surface area (Å²) >= 11 is 1.57. The Morgan fingerprint density at radius 2 is 2.41 bits per heavy atom. The van der Waals surface area contributed by atoms with Crippen molar-refractivity contribution in [2.45, 2.75) is 6.54 Å². The third kappa shape index (κ3) is 2.95. The SMILES string of the molecule is COc1ccc(NCc2cc(C#N)cs2)cn1. The molecule has 0 aliphatic carbocycles. The first-order valence-corrected chi connectivity index (χ1v) is 5.91. The van der Waals surface area contributed by atoms with Crippen molar-refractivity contribution in [3.05, 3.63) is 40.2 Å². The predicted molar refractivity (Wildman–Crippen MR) is 67.1 cm³/mol. The Bertz CT molecular complexity index is 527. The molecule has 17 heavy (non-hydrogen) atoms. The third-order valence-electron chi connectivity index (χ3n) is 2.20. The zero-order chi connectivity index (χ0) is 12.1. The van der Waals surface area contributed by atoms with Crippen LogP contribution >= 0.6 is 11.3 Å². The molecule has 0 spiro atoms. The second kappa shape index (κ2) is 5.32. The maximum Gasteiger partial charge on any atom is 0.213 e. The monoisotopic (exact) mass is 245 g/mol. The zero-order valence-corrected chi connectivity index (χ0v) is 10.1. The van der Waals surface area contributed by atoms with E-state index in [1.165, 1.54) is 0 Å². The number of methoxy groups -OCH3 is 1. The van der Waals surface area contributed by atoms with Crippen LogP contribution in [0.1, 0.15) is 10.4 Å². The van der Waals surface area contributed by atoms with Gasteiger partial charge in [-0.05, 0) is 12.1 Å². The molecule has 1 N–H and O–H groups in total. The van der Waals surface area contributed by atoms with Crippen LogP contribution in [0.25, 0.3) is 0 Å². The van der Waals surface area contributed by atoms with E-state index in [2.05, 4.69) is 16.4 Å². The molecule has 0 bridgehead atoms. The Hall–Kier alpha value is -2.06. The van der Waals surface area contributed by atoms with Gasteiger partial charge in [0, 0.05) is 22.9 Å². The molecule has 0 radical (unpaired) electrons. The summed E-state index contributed by atoms with van der Waals surface area (Å²) < 4.78 is 4.98. The standard InChI is InChI=1S/C12H11N3OS/c1-16-12-3-2-10(6-15-12)14-7-11-4-9(5-13)8-17-11/h2-4,6,8,14H,7H2,1H3. The lowest BCUT2D eigenvalue weighted by atomic mass is 10.3. The van der Waals surface area contributed by atoms with Crippen molar-refractivity contribution >= 4 is 17.0 Å². The fourth-order valence-electron chi connectivity index (χ4n) is 1.33. The van der Waals surface area contributed by atoms with Crippen LogP contribution in [0.5, 0.6) is 5.88 Å². The van der Waals surface area contributed by atoms with E-state index in [1.54, 1.807) is 30.7 Å². The second-order valence-electron chi connectivity index (χ2n) is 3.36. The Balaban J connectivity index is 1.95. The zero-order valence-electron chi connectivity index (χ0n) is 9.30. The summed E-state index contributed by atoms with van der Waals surface area (Å²) in [7, 11) is 1.59. The molecule has 0 amide bonds. The van der Waals surface area contributed by atoms with Gasteiger partial charge in [0.2, 0.25) is 5.88 Å². The van der Waals surface area contributed by atoms with E-state index >= 15 is 0 Å². The molecular formula is C12H11N3OS. The third-order valence-corrected chi connectivity index (χ3v) is 3.13. The van der Waals surface area contributed by atoms with E-state index in [-0.39, 0.29) is 0 Å². The highest BCUT2D eigenvalue weighted by Gasteiger charge is 1.99. The molecule has 0 aliphatic heterocycles. The lowest BCUT2D eigenvalue weighted by molar-refractivity contribution is 0.398. The number of thiophene rings is 1. The van der Waals surface area contributed by atoms with E-state index in [0.29, 0.717) is 18.0 Å². The maximum absolute atomic E-state index is 8.71. The van der Waals surface area contributed by atoms with Crippen molar-refractivity contribution in [2.75, 3.05) is 12.4 Å². The van der Waals surface area contributed by atoms with E-state index < -0.39 is 0 Å². The largest absolute Gasteiger partial charge is 0.481 e. The molecule has 0 unspecified atom stereocenters. The molecule has 5 heteroatoms. The number of hydrogen-bond acceptors (Lipinski definition) is 5.